The quantitative estimate of drug-likeness (QED) is 0.821. The number of halogens is 4. The third-order valence-corrected chi connectivity index (χ3v) is 2.69. The van der Waals surface area contributed by atoms with Crippen molar-refractivity contribution >= 4 is 40.5 Å². The lowest BCUT2D eigenvalue weighted by molar-refractivity contribution is -0.128. The molecule has 8 heteroatoms. The zero-order valence-corrected chi connectivity index (χ0v) is 11.4. The molecule has 0 aromatic heterocycles. The van der Waals surface area contributed by atoms with Crippen LogP contribution < -0.4 is 11.1 Å². The second-order valence-corrected chi connectivity index (χ2v) is 4.55. The molecule has 1 aromatic carbocycles. The Balaban J connectivity index is 2.72. The number of ether oxygens (including phenoxy) is 1. The number of carbonyl (C=O) groups excluding carboxylic acids is 1. The molecule has 0 saturated carbocycles. The lowest BCUT2D eigenvalue weighted by atomic mass is 10.2. The van der Waals surface area contributed by atoms with Crippen LogP contribution in [0.5, 0.6) is 0 Å². The average molecular weight is 313 g/mol. The summed E-state index contributed by atoms with van der Waals surface area (Å²) >= 11 is 11.6. The third-order valence-electron chi connectivity index (χ3n) is 2.18. The number of benzene rings is 1. The number of nitrogens with two attached hydrogens (primary N) is 1. The molecule has 0 aliphatic rings. The standard InChI is InChI=1S/C11H12Cl2F2N2O2/c1-5(19-4-9(14)15)11(18)17-10-7(13)2-6(12)3-8(10)16/h2-3,5,9H,4,16H2,1H3,(H,17,18). The summed E-state index contributed by atoms with van der Waals surface area (Å²) in [7, 11) is 0. The number of nitrogen functional groups attached to an aromatic ring is 1. The van der Waals surface area contributed by atoms with E-state index in [0.717, 1.165) is 0 Å². The summed E-state index contributed by atoms with van der Waals surface area (Å²) in [6, 6.07) is 2.81. The second-order valence-electron chi connectivity index (χ2n) is 3.71. The van der Waals surface area contributed by atoms with Crippen molar-refractivity contribution in [2.75, 3.05) is 17.7 Å². The molecule has 4 nitrogen and oxygen atoms in total. The van der Waals surface area contributed by atoms with Crippen LogP contribution >= 0.6 is 23.2 Å². The molecule has 0 spiro atoms. The van der Waals surface area contributed by atoms with E-state index in [4.69, 9.17) is 28.9 Å². The number of nitrogens with one attached hydrogen (secondary N) is 1. The van der Waals surface area contributed by atoms with Gasteiger partial charge >= 0.3 is 0 Å². The van der Waals surface area contributed by atoms with Gasteiger partial charge < -0.3 is 15.8 Å². The minimum atomic E-state index is -2.64. The van der Waals surface area contributed by atoms with Crippen LogP contribution in [0, 0.1) is 0 Å². The summed E-state index contributed by atoms with van der Waals surface area (Å²) < 4.78 is 28.6. The first-order valence-electron chi connectivity index (χ1n) is 5.26. The summed E-state index contributed by atoms with van der Waals surface area (Å²) in [5.41, 5.74) is 5.99. The first-order chi connectivity index (χ1) is 8.81. The van der Waals surface area contributed by atoms with E-state index in [0.29, 0.717) is 5.02 Å². The van der Waals surface area contributed by atoms with Gasteiger partial charge in [0.05, 0.1) is 16.4 Å². The van der Waals surface area contributed by atoms with E-state index in [-0.39, 0.29) is 16.4 Å². The first kappa shape index (κ1) is 15.9. The third kappa shape index (κ3) is 4.81. The van der Waals surface area contributed by atoms with Crippen LogP contribution in [0.2, 0.25) is 10.0 Å². The molecule has 1 unspecified atom stereocenters. The molecule has 19 heavy (non-hydrogen) atoms. The Labute approximate surface area is 118 Å². The number of anilines is 2. The molecule has 3 N–H and O–H groups in total. The summed E-state index contributed by atoms with van der Waals surface area (Å²) in [6.45, 7) is 0.524. The fourth-order valence-corrected chi connectivity index (χ4v) is 1.80. The number of alkyl halides is 2. The minimum Gasteiger partial charge on any atom is -0.397 e. The van der Waals surface area contributed by atoms with Crippen molar-refractivity contribution in [3.05, 3.63) is 22.2 Å². The summed E-state index contributed by atoms with van der Waals surface area (Å²) in [4.78, 5) is 11.7. The topological polar surface area (TPSA) is 64.3 Å². The first-order valence-corrected chi connectivity index (χ1v) is 6.02. The van der Waals surface area contributed by atoms with E-state index >= 15 is 0 Å². The van der Waals surface area contributed by atoms with E-state index in [1.54, 1.807) is 0 Å². The lowest BCUT2D eigenvalue weighted by Gasteiger charge is -2.15. The number of rotatable bonds is 5. The molecule has 1 atom stereocenters. The van der Waals surface area contributed by atoms with Gasteiger partial charge in [0.2, 0.25) is 0 Å². The zero-order chi connectivity index (χ0) is 14.6. The average Bonchev–Trinajstić information content (AvgIpc) is 2.30. The largest absolute Gasteiger partial charge is 0.397 e. The van der Waals surface area contributed by atoms with Gasteiger partial charge in [-0.3, -0.25) is 4.79 Å². The van der Waals surface area contributed by atoms with Crippen molar-refractivity contribution in [3.63, 3.8) is 0 Å². The Kier molecular flexibility index (Phi) is 5.78. The Hall–Kier alpha value is -1.11. The summed E-state index contributed by atoms with van der Waals surface area (Å²) in [5, 5.41) is 2.88. The van der Waals surface area contributed by atoms with Gasteiger partial charge in [-0.2, -0.15) is 0 Å². The maximum absolute atomic E-state index is 11.9. The van der Waals surface area contributed by atoms with E-state index < -0.39 is 25.0 Å². The highest BCUT2D eigenvalue weighted by molar-refractivity contribution is 6.37. The number of amides is 1. The fourth-order valence-electron chi connectivity index (χ4n) is 1.24. The van der Waals surface area contributed by atoms with Gasteiger partial charge in [-0.15, -0.1) is 0 Å². The second kappa shape index (κ2) is 6.88. The molecule has 0 radical (unpaired) electrons. The predicted octanol–water partition coefficient (Wildman–Crippen LogP) is 3.18. The van der Waals surface area contributed by atoms with Crippen molar-refractivity contribution in [1.82, 2.24) is 0 Å². The Morgan fingerprint density at radius 3 is 2.63 bits per heavy atom. The van der Waals surface area contributed by atoms with Crippen molar-refractivity contribution in [3.8, 4) is 0 Å². The number of carbonyl (C=O) groups is 1. The lowest BCUT2D eigenvalue weighted by Crippen LogP contribution is -2.29. The molecular formula is C11H12Cl2F2N2O2. The van der Waals surface area contributed by atoms with E-state index in [2.05, 4.69) is 10.1 Å². The maximum Gasteiger partial charge on any atom is 0.261 e. The summed E-state index contributed by atoms with van der Waals surface area (Å²) in [5.74, 6) is -0.628. The van der Waals surface area contributed by atoms with Crippen molar-refractivity contribution < 1.29 is 18.3 Å². The SMILES string of the molecule is CC(OCC(F)F)C(=O)Nc1c(N)cc(Cl)cc1Cl. The Bertz CT molecular complexity index is 449. The van der Waals surface area contributed by atoms with Crippen LogP contribution in [0.1, 0.15) is 6.92 Å². The fraction of sp³-hybridized carbons (Fsp3) is 0.364. The number of hydrogen-bond acceptors (Lipinski definition) is 3. The minimum absolute atomic E-state index is 0.152. The van der Waals surface area contributed by atoms with Crippen LogP contribution in [-0.4, -0.2) is 25.0 Å². The van der Waals surface area contributed by atoms with Gasteiger partial charge in [-0.05, 0) is 19.1 Å². The molecule has 1 amide bonds. The van der Waals surface area contributed by atoms with Crippen LogP contribution in [0.15, 0.2) is 12.1 Å². The van der Waals surface area contributed by atoms with Crippen LogP contribution in [0.4, 0.5) is 20.2 Å². The predicted molar refractivity (Wildman–Crippen MR) is 70.9 cm³/mol. The van der Waals surface area contributed by atoms with Crippen molar-refractivity contribution in [1.29, 1.82) is 0 Å². The normalized spacial score (nSPS) is 12.5. The molecule has 0 heterocycles. The van der Waals surface area contributed by atoms with Gasteiger partial charge in [-0.25, -0.2) is 8.78 Å². The van der Waals surface area contributed by atoms with Crippen LogP contribution in [0.25, 0.3) is 0 Å². The van der Waals surface area contributed by atoms with Gasteiger partial charge in [-0.1, -0.05) is 23.2 Å². The van der Waals surface area contributed by atoms with Gasteiger partial charge in [0.1, 0.15) is 12.7 Å². The zero-order valence-electron chi connectivity index (χ0n) is 9.92. The molecule has 1 aromatic rings. The maximum atomic E-state index is 11.9. The molecule has 106 valence electrons. The van der Waals surface area contributed by atoms with Gasteiger partial charge in [0.25, 0.3) is 12.3 Å². The van der Waals surface area contributed by atoms with Crippen LogP contribution in [0.3, 0.4) is 0 Å². The Morgan fingerprint density at radius 1 is 1.47 bits per heavy atom. The molecule has 0 fully saturated rings. The van der Waals surface area contributed by atoms with Gasteiger partial charge in [0.15, 0.2) is 0 Å². The molecular weight excluding hydrogens is 301 g/mol. The number of hydrogen-bond donors (Lipinski definition) is 2. The van der Waals surface area contributed by atoms with Crippen LogP contribution in [-0.2, 0) is 9.53 Å². The highest BCUT2D eigenvalue weighted by Gasteiger charge is 2.18. The monoisotopic (exact) mass is 312 g/mol. The van der Waals surface area contributed by atoms with Crippen molar-refractivity contribution in [2.24, 2.45) is 0 Å². The van der Waals surface area contributed by atoms with Gasteiger partial charge in [0, 0.05) is 5.02 Å². The van der Waals surface area contributed by atoms with E-state index in [1.807, 2.05) is 0 Å². The molecule has 0 aliphatic carbocycles. The molecule has 0 bridgehead atoms. The van der Waals surface area contributed by atoms with Crippen molar-refractivity contribution in [2.45, 2.75) is 19.5 Å². The van der Waals surface area contributed by atoms with E-state index in [1.165, 1.54) is 19.1 Å². The summed E-state index contributed by atoms with van der Waals surface area (Å²) in [6.07, 6.45) is -3.69. The Morgan fingerprint density at radius 2 is 2.11 bits per heavy atom. The highest BCUT2D eigenvalue weighted by Crippen LogP contribution is 2.32. The molecule has 0 saturated heterocycles. The molecule has 0 aliphatic heterocycles. The smallest absolute Gasteiger partial charge is 0.261 e. The molecule has 1 rings (SSSR count). The van der Waals surface area contributed by atoms with E-state index in [9.17, 15) is 13.6 Å². The highest BCUT2D eigenvalue weighted by atomic mass is 35.5.